The number of nitrogens with zero attached hydrogens (tertiary/aromatic N) is 1. The summed E-state index contributed by atoms with van der Waals surface area (Å²) in [6.45, 7) is 7.57. The molecule has 448 valence electrons. The number of aromatic hydroxyl groups is 1. The molecule has 2 aliphatic heterocycles. The molecule has 2 aliphatic rings. The van der Waals surface area contributed by atoms with Gasteiger partial charge in [0, 0.05) is 19.4 Å². The van der Waals surface area contributed by atoms with Crippen LogP contribution in [0.4, 0.5) is 0 Å². The molecule has 26 heteroatoms. The Hall–Kier alpha value is -8.00. The fraction of sp³-hybridized carbons (Fsp3) is 0.518. The van der Waals surface area contributed by atoms with Crippen LogP contribution in [0.1, 0.15) is 90.7 Å². The lowest BCUT2D eigenvalue weighted by Crippen LogP contribution is -2.61. The first kappa shape index (κ1) is 66.5. The molecule has 0 radical (unpaired) electrons. The highest BCUT2D eigenvalue weighted by atomic mass is 32.2. The highest BCUT2D eigenvalue weighted by Gasteiger charge is 2.41. The van der Waals surface area contributed by atoms with Crippen molar-refractivity contribution in [2.24, 2.45) is 11.7 Å². The van der Waals surface area contributed by atoms with Crippen LogP contribution in [-0.2, 0) is 65.6 Å². The van der Waals surface area contributed by atoms with E-state index in [9.17, 15) is 68.1 Å². The van der Waals surface area contributed by atoms with Crippen LogP contribution in [0.2, 0.25) is 0 Å². The molecule has 0 aromatic heterocycles. The molecular formula is C56H78N10O15S. The van der Waals surface area contributed by atoms with Crippen molar-refractivity contribution in [1.29, 1.82) is 0 Å². The highest BCUT2D eigenvalue weighted by Crippen LogP contribution is 2.21. The summed E-state index contributed by atoms with van der Waals surface area (Å²) in [5, 5.41) is 50.0. The van der Waals surface area contributed by atoms with Crippen molar-refractivity contribution in [2.75, 3.05) is 38.3 Å². The van der Waals surface area contributed by atoms with Crippen molar-refractivity contribution < 1.29 is 72.8 Å². The number of aliphatic hydroxyl groups is 1. The minimum Gasteiger partial charge on any atom is -0.508 e. The molecule has 4 rings (SSSR count). The van der Waals surface area contributed by atoms with E-state index in [1.54, 1.807) is 30.5 Å². The van der Waals surface area contributed by atoms with E-state index in [1.807, 2.05) is 26.8 Å². The monoisotopic (exact) mass is 1160 g/mol. The maximum absolute atomic E-state index is 14.8. The van der Waals surface area contributed by atoms with Gasteiger partial charge in [-0.1, -0.05) is 55.3 Å². The van der Waals surface area contributed by atoms with E-state index in [0.717, 1.165) is 23.3 Å². The number of nitrogens with one attached hydrogen (secondary N) is 8. The Morgan fingerprint density at radius 2 is 1.26 bits per heavy atom. The number of rotatable bonds is 19. The van der Waals surface area contributed by atoms with Gasteiger partial charge in [-0.2, -0.15) is 11.8 Å². The van der Waals surface area contributed by atoms with Gasteiger partial charge >= 0.3 is 5.97 Å². The summed E-state index contributed by atoms with van der Waals surface area (Å²) < 4.78 is 5.94. The van der Waals surface area contributed by atoms with Gasteiger partial charge in [0.25, 0.3) is 0 Å². The van der Waals surface area contributed by atoms with E-state index in [0.29, 0.717) is 22.6 Å². The Kier molecular flexibility index (Phi) is 26.8. The van der Waals surface area contributed by atoms with Gasteiger partial charge in [0.1, 0.15) is 66.4 Å². The lowest BCUT2D eigenvalue weighted by Gasteiger charge is -2.31. The Balaban J connectivity index is 1.81. The molecule has 2 heterocycles. The molecule has 0 bridgehead atoms. The number of allylic oxidation sites excluding steroid dienone is 3. The summed E-state index contributed by atoms with van der Waals surface area (Å²) in [6.07, 6.45) is 5.48. The first-order valence-corrected chi connectivity index (χ1v) is 28.4. The maximum Gasteiger partial charge on any atom is 0.305 e. The van der Waals surface area contributed by atoms with Crippen LogP contribution < -0.4 is 53.0 Å². The van der Waals surface area contributed by atoms with E-state index in [1.165, 1.54) is 55.4 Å². The van der Waals surface area contributed by atoms with E-state index in [4.69, 9.17) is 10.5 Å². The van der Waals surface area contributed by atoms with E-state index in [2.05, 4.69) is 48.6 Å². The Morgan fingerprint density at radius 3 is 1.82 bits per heavy atom. The smallest absolute Gasteiger partial charge is 0.305 e. The number of ether oxygens (including phenoxy) is 1. The number of hydrogen-bond donors (Lipinski definition) is 12. The summed E-state index contributed by atoms with van der Waals surface area (Å²) in [6, 6.07) is -0.540. The number of amides is 10. The number of benzene rings is 2. The largest absolute Gasteiger partial charge is 0.508 e. The van der Waals surface area contributed by atoms with Crippen molar-refractivity contribution in [1.82, 2.24) is 47.4 Å². The number of carbonyl (C=O) groups is 11. The van der Waals surface area contributed by atoms with Crippen LogP contribution in [0.25, 0.3) is 0 Å². The average Bonchev–Trinajstić information content (AvgIpc) is 4.13. The molecule has 2 saturated heterocycles. The second-order valence-corrected chi connectivity index (χ2v) is 21.7. The van der Waals surface area contributed by atoms with Gasteiger partial charge < -0.3 is 73.2 Å². The van der Waals surface area contributed by atoms with Crippen molar-refractivity contribution in [3.05, 3.63) is 83.0 Å². The lowest BCUT2D eigenvalue weighted by molar-refractivity contribution is -0.143. The number of phenolic OH excluding ortho intramolecular Hbond substituents is 1. The normalized spacial score (nSPS) is 23.3. The molecule has 13 N–H and O–H groups in total. The molecule has 0 spiro atoms. The molecule has 0 aliphatic carbocycles. The Morgan fingerprint density at radius 1 is 0.707 bits per heavy atom. The summed E-state index contributed by atoms with van der Waals surface area (Å²) in [5.74, 6) is -11.5. The first-order chi connectivity index (χ1) is 38.9. The summed E-state index contributed by atoms with van der Waals surface area (Å²) in [4.78, 5) is 153. The zero-order valence-corrected chi connectivity index (χ0v) is 47.9. The Bertz CT molecular complexity index is 2660. The van der Waals surface area contributed by atoms with Gasteiger partial charge in [0.05, 0.1) is 26.0 Å². The van der Waals surface area contributed by atoms with E-state index < -0.39 is 145 Å². The van der Waals surface area contributed by atoms with Crippen molar-refractivity contribution in [3.8, 4) is 11.5 Å². The molecule has 2 fully saturated rings. The van der Waals surface area contributed by atoms with E-state index >= 15 is 0 Å². The van der Waals surface area contributed by atoms with Crippen LogP contribution in [0.3, 0.4) is 0 Å². The van der Waals surface area contributed by atoms with Gasteiger partial charge in [-0.25, -0.2) is 0 Å². The predicted molar refractivity (Wildman–Crippen MR) is 302 cm³/mol. The SMILES string of the molecule is CSCC[C@@H]1NC(=O)[C@@H]2CCCN2C(=O)[C@H](CC(N)=O)NC(=O)[C@H](Cc2ccc(O)cc2)NC(=O)[C@H](Cc2ccc(OC/C=C(/C)CCC=C(C)C)cc2)NC(=O)[C@H](CC(=O)O)NC(=O)[C@H](C(C)C)NC(=O)CNC(=O)[C@H](CO)NC1=O. The fourth-order valence-electron chi connectivity index (χ4n) is 8.87. The van der Waals surface area contributed by atoms with Crippen LogP contribution >= 0.6 is 11.8 Å². The van der Waals surface area contributed by atoms with Crippen molar-refractivity contribution in [3.63, 3.8) is 0 Å². The number of thioether (sulfide) groups is 1. The fourth-order valence-corrected chi connectivity index (χ4v) is 9.34. The molecule has 8 atom stereocenters. The van der Waals surface area contributed by atoms with Crippen molar-refractivity contribution in [2.45, 2.75) is 141 Å². The molecular weight excluding hydrogens is 1080 g/mol. The number of carboxylic acid groups (broad SMARTS) is 1. The molecule has 25 nitrogen and oxygen atoms in total. The quantitative estimate of drug-likeness (QED) is 0.0790. The topological polar surface area (TPSA) is 383 Å². The number of nitrogens with two attached hydrogens (primary N) is 1. The van der Waals surface area contributed by atoms with Crippen LogP contribution in [0, 0.1) is 5.92 Å². The van der Waals surface area contributed by atoms with E-state index in [-0.39, 0.29) is 51.0 Å². The predicted octanol–water partition coefficient (Wildman–Crippen LogP) is -0.485. The van der Waals surface area contributed by atoms with Gasteiger partial charge in [-0.15, -0.1) is 0 Å². The second-order valence-electron chi connectivity index (χ2n) is 20.7. The third kappa shape index (κ3) is 21.8. The summed E-state index contributed by atoms with van der Waals surface area (Å²) >= 11 is 1.33. The Labute approximate surface area is 480 Å². The van der Waals surface area contributed by atoms with Gasteiger partial charge in [0.2, 0.25) is 59.1 Å². The standard InChI is InChI=1S/C56H78N10O15S/c1-31(2)9-7-10-33(5)20-23-81-37-18-14-35(15-19-37)26-39-51(75)60-40(25-34-12-16-36(68)17-13-34)52(76)63-42(27-45(57)69)56(80)66-22-8-11-44(66)54(78)59-38(21-24-82-6)50(74)64-43(30-67)49(73)58-29-46(70)65-48(32(3)4)55(79)62-41(28-47(71)72)53(77)61-39/h9,12-20,32,38-44,48,67-68H,7-8,10-11,21-30H2,1-6H3,(H2,57,69)(H,58,73)(H,59,78)(H,60,75)(H,61,77)(H,62,79)(H,63,76)(H,64,74)(H,65,70)(H,71,72)/b33-20-/t38-,39-,40-,41-,42-,43-,44-,48-/m0/s1. The second kappa shape index (κ2) is 33.1. The lowest BCUT2D eigenvalue weighted by atomic mass is 10.0. The molecule has 0 unspecified atom stereocenters. The van der Waals surface area contributed by atoms with Crippen LogP contribution in [-0.4, -0.2) is 172 Å². The molecule has 2 aromatic rings. The van der Waals surface area contributed by atoms with Gasteiger partial charge in [-0.05, 0) is 112 Å². The minimum atomic E-state index is -1.89. The number of phenols is 1. The van der Waals surface area contributed by atoms with Gasteiger partial charge in [-0.3, -0.25) is 52.7 Å². The maximum atomic E-state index is 14.8. The number of hydrogen-bond acceptors (Lipinski definition) is 15. The molecule has 2 aromatic carbocycles. The molecule has 82 heavy (non-hydrogen) atoms. The van der Waals surface area contributed by atoms with Crippen molar-refractivity contribution >= 4 is 76.8 Å². The zero-order chi connectivity index (χ0) is 60.6. The van der Waals surface area contributed by atoms with Gasteiger partial charge in [0.15, 0.2) is 0 Å². The zero-order valence-electron chi connectivity index (χ0n) is 47.0. The summed E-state index contributed by atoms with van der Waals surface area (Å²) in [5.41, 5.74) is 8.76. The minimum absolute atomic E-state index is 0.0147. The van der Waals surface area contributed by atoms with Crippen LogP contribution in [0.15, 0.2) is 71.8 Å². The first-order valence-electron chi connectivity index (χ1n) is 27.0. The molecule has 0 saturated carbocycles. The third-order valence-corrected chi connectivity index (χ3v) is 14.0. The highest BCUT2D eigenvalue weighted by molar-refractivity contribution is 7.98. The average molecular weight is 1160 g/mol. The van der Waals surface area contributed by atoms with Crippen LogP contribution in [0.5, 0.6) is 11.5 Å². The number of carbonyl (C=O) groups excluding carboxylic acids is 10. The number of primary amides is 1. The number of aliphatic hydroxyl groups excluding tert-OH is 1. The number of aliphatic carboxylic acids is 1. The third-order valence-electron chi connectivity index (χ3n) is 13.4. The summed E-state index contributed by atoms with van der Waals surface area (Å²) in [7, 11) is 0. The molecule has 10 amide bonds. The number of fused-ring (bicyclic) bond motifs is 1. The number of carboxylic acids is 1.